The quantitative estimate of drug-likeness (QED) is 0.293. The normalized spacial score (nSPS) is 11.8. The van der Waals surface area contributed by atoms with Gasteiger partial charge in [0.2, 0.25) is 0 Å². The second-order valence-electron chi connectivity index (χ2n) is 8.62. The van der Waals surface area contributed by atoms with Crippen LogP contribution < -0.4 is 10.5 Å². The fourth-order valence-electron chi connectivity index (χ4n) is 3.87. The van der Waals surface area contributed by atoms with E-state index >= 15 is 4.39 Å². The van der Waals surface area contributed by atoms with Crippen molar-refractivity contribution in [1.29, 1.82) is 0 Å². The zero-order valence-electron chi connectivity index (χ0n) is 20.2. The number of ether oxygens (including phenoxy) is 1. The average Bonchev–Trinajstić information content (AvgIpc) is 3.32. The summed E-state index contributed by atoms with van der Waals surface area (Å²) in [5.41, 5.74) is 8.81. The van der Waals surface area contributed by atoms with Crippen molar-refractivity contribution < 1.29 is 13.9 Å². The fourth-order valence-corrected chi connectivity index (χ4v) is 4.05. The lowest BCUT2D eigenvalue weighted by Gasteiger charge is -2.18. The van der Waals surface area contributed by atoms with Gasteiger partial charge >= 0.3 is 0 Å². The maximum absolute atomic E-state index is 15.1. The molecule has 1 amide bonds. The van der Waals surface area contributed by atoms with E-state index in [1.165, 1.54) is 0 Å². The summed E-state index contributed by atoms with van der Waals surface area (Å²) >= 11 is 6.21. The largest absolute Gasteiger partial charge is 0.453 e. The summed E-state index contributed by atoms with van der Waals surface area (Å²) < 4.78 is 22.7. The molecule has 36 heavy (non-hydrogen) atoms. The number of rotatable bonds is 9. The molecule has 0 aliphatic rings. The molecule has 0 aliphatic carbocycles. The zero-order chi connectivity index (χ0) is 25.7. The van der Waals surface area contributed by atoms with Crippen LogP contribution in [0.1, 0.15) is 46.4 Å². The summed E-state index contributed by atoms with van der Waals surface area (Å²) in [7, 11) is 1.72. The molecule has 186 valence electrons. The van der Waals surface area contributed by atoms with Crippen LogP contribution in [0.3, 0.4) is 0 Å². The molecule has 1 heterocycles. The SMILES string of the molecule is CC[C@H](N)c1ccc(Cl)c(Oc2cccc(C(=O)N(C)Cc3cnn(Cc4ccccc4)c3)c2)c1F. The van der Waals surface area contributed by atoms with Gasteiger partial charge in [0.15, 0.2) is 11.6 Å². The standard InChI is InChI=1S/C28H28ClFN4O2/c1-3-25(31)23-12-13-24(29)27(26(23)30)36-22-11-7-10-21(14-22)28(35)33(2)16-20-15-32-34(18-20)17-19-8-5-4-6-9-19/h4-15,18,25H,3,16-17,31H2,1-2H3/t25-/m0/s1. The van der Waals surface area contributed by atoms with Gasteiger partial charge in [0, 0.05) is 42.5 Å². The van der Waals surface area contributed by atoms with Gasteiger partial charge in [-0.25, -0.2) is 4.39 Å². The molecule has 1 atom stereocenters. The third kappa shape index (κ3) is 5.93. The summed E-state index contributed by atoms with van der Waals surface area (Å²) in [5.74, 6) is -0.613. The topological polar surface area (TPSA) is 73.4 Å². The van der Waals surface area contributed by atoms with Gasteiger partial charge in [-0.1, -0.05) is 61.0 Å². The highest BCUT2D eigenvalue weighted by molar-refractivity contribution is 6.32. The van der Waals surface area contributed by atoms with Crippen LogP contribution in [0.15, 0.2) is 79.1 Å². The lowest BCUT2D eigenvalue weighted by molar-refractivity contribution is 0.0784. The van der Waals surface area contributed by atoms with Gasteiger partial charge in [0.1, 0.15) is 5.75 Å². The van der Waals surface area contributed by atoms with Gasteiger partial charge in [-0.15, -0.1) is 0 Å². The number of aromatic nitrogens is 2. The van der Waals surface area contributed by atoms with Crippen molar-refractivity contribution in [2.24, 2.45) is 5.73 Å². The molecular formula is C28H28ClFN4O2. The lowest BCUT2D eigenvalue weighted by atomic mass is 10.0. The number of nitrogens with two attached hydrogens (primary N) is 1. The van der Waals surface area contributed by atoms with Gasteiger partial charge in [-0.3, -0.25) is 9.48 Å². The number of halogens is 2. The first-order valence-corrected chi connectivity index (χ1v) is 12.1. The molecule has 0 unspecified atom stereocenters. The van der Waals surface area contributed by atoms with Crippen LogP contribution in [-0.4, -0.2) is 27.6 Å². The molecule has 2 N–H and O–H groups in total. The third-order valence-electron chi connectivity index (χ3n) is 5.86. The first-order chi connectivity index (χ1) is 17.4. The van der Waals surface area contributed by atoms with Crippen molar-refractivity contribution in [3.63, 3.8) is 0 Å². The maximum Gasteiger partial charge on any atom is 0.254 e. The number of hydrogen-bond donors (Lipinski definition) is 1. The van der Waals surface area contributed by atoms with Crippen LogP contribution in [0.2, 0.25) is 5.02 Å². The van der Waals surface area contributed by atoms with E-state index in [0.717, 1.165) is 11.1 Å². The molecule has 6 nitrogen and oxygen atoms in total. The molecule has 0 saturated carbocycles. The Morgan fingerprint density at radius 2 is 1.92 bits per heavy atom. The Balaban J connectivity index is 1.45. The molecule has 3 aromatic carbocycles. The highest BCUT2D eigenvalue weighted by atomic mass is 35.5. The van der Waals surface area contributed by atoms with Crippen LogP contribution >= 0.6 is 11.6 Å². The predicted octanol–water partition coefficient (Wildman–Crippen LogP) is 6.20. The first kappa shape index (κ1) is 25.4. The second kappa shape index (κ2) is 11.4. The fraction of sp³-hybridized carbons (Fsp3) is 0.214. The summed E-state index contributed by atoms with van der Waals surface area (Å²) in [6.45, 7) is 2.91. The Bertz CT molecular complexity index is 1340. The predicted molar refractivity (Wildman–Crippen MR) is 139 cm³/mol. The van der Waals surface area contributed by atoms with Gasteiger partial charge in [-0.2, -0.15) is 5.10 Å². The van der Waals surface area contributed by atoms with E-state index in [1.54, 1.807) is 54.5 Å². The molecule has 0 radical (unpaired) electrons. The lowest BCUT2D eigenvalue weighted by Crippen LogP contribution is -2.26. The van der Waals surface area contributed by atoms with E-state index in [2.05, 4.69) is 5.10 Å². The van der Waals surface area contributed by atoms with Gasteiger partial charge in [-0.05, 0) is 36.2 Å². The molecule has 4 rings (SSSR count). The van der Waals surface area contributed by atoms with E-state index in [-0.39, 0.29) is 16.7 Å². The molecule has 1 aromatic heterocycles. The number of hydrogen-bond acceptors (Lipinski definition) is 4. The van der Waals surface area contributed by atoms with Crippen molar-refractivity contribution in [1.82, 2.24) is 14.7 Å². The minimum absolute atomic E-state index is 0.109. The molecule has 4 aromatic rings. The Morgan fingerprint density at radius 1 is 1.14 bits per heavy atom. The molecule has 0 bridgehead atoms. The van der Waals surface area contributed by atoms with Crippen LogP contribution in [0, 0.1) is 5.82 Å². The molecular weight excluding hydrogens is 479 g/mol. The molecule has 0 aliphatic heterocycles. The van der Waals surface area contributed by atoms with Crippen molar-refractivity contribution in [2.75, 3.05) is 7.05 Å². The molecule has 8 heteroatoms. The molecule has 0 saturated heterocycles. The number of carbonyl (C=O) groups excluding carboxylic acids is 1. The van der Waals surface area contributed by atoms with Gasteiger partial charge in [0.05, 0.1) is 17.8 Å². The molecule has 0 fully saturated rings. The van der Waals surface area contributed by atoms with Crippen LogP contribution in [0.4, 0.5) is 4.39 Å². The summed E-state index contributed by atoms with van der Waals surface area (Å²) in [5, 5.41) is 4.53. The second-order valence-corrected chi connectivity index (χ2v) is 9.02. The van der Waals surface area contributed by atoms with E-state index in [4.69, 9.17) is 22.1 Å². The number of nitrogens with zero attached hydrogens (tertiary/aromatic N) is 3. The highest BCUT2D eigenvalue weighted by Crippen LogP contribution is 2.36. The van der Waals surface area contributed by atoms with E-state index in [9.17, 15) is 4.79 Å². The average molecular weight is 507 g/mol. The van der Waals surface area contributed by atoms with Gasteiger partial charge < -0.3 is 15.4 Å². The monoisotopic (exact) mass is 506 g/mol. The molecule has 0 spiro atoms. The third-order valence-corrected chi connectivity index (χ3v) is 6.16. The summed E-state index contributed by atoms with van der Waals surface area (Å²) in [6, 6.07) is 19.3. The van der Waals surface area contributed by atoms with Gasteiger partial charge in [0.25, 0.3) is 5.91 Å². The first-order valence-electron chi connectivity index (χ1n) is 11.7. The highest BCUT2D eigenvalue weighted by Gasteiger charge is 2.19. The smallest absolute Gasteiger partial charge is 0.254 e. The van der Waals surface area contributed by atoms with Crippen LogP contribution in [-0.2, 0) is 13.1 Å². The Morgan fingerprint density at radius 3 is 2.67 bits per heavy atom. The van der Waals surface area contributed by atoms with Crippen molar-refractivity contribution >= 4 is 17.5 Å². The summed E-state index contributed by atoms with van der Waals surface area (Å²) in [4.78, 5) is 14.7. The van der Waals surface area contributed by atoms with Crippen LogP contribution in [0.5, 0.6) is 11.5 Å². The van der Waals surface area contributed by atoms with E-state index in [0.29, 0.717) is 36.4 Å². The number of carbonyl (C=O) groups is 1. The maximum atomic E-state index is 15.1. The van der Waals surface area contributed by atoms with Crippen LogP contribution in [0.25, 0.3) is 0 Å². The minimum Gasteiger partial charge on any atom is -0.453 e. The Hall–Kier alpha value is -3.68. The van der Waals surface area contributed by atoms with Crippen molar-refractivity contribution in [3.05, 3.63) is 112 Å². The van der Waals surface area contributed by atoms with E-state index < -0.39 is 11.9 Å². The van der Waals surface area contributed by atoms with Crippen molar-refractivity contribution in [2.45, 2.75) is 32.5 Å². The minimum atomic E-state index is -0.599. The number of benzene rings is 3. The Kier molecular flexibility index (Phi) is 8.03. The number of amides is 1. The summed E-state index contributed by atoms with van der Waals surface area (Å²) in [6.07, 6.45) is 4.25. The zero-order valence-corrected chi connectivity index (χ0v) is 21.0. The van der Waals surface area contributed by atoms with E-state index in [1.807, 2.05) is 48.1 Å². The Labute approximate surface area is 215 Å². The van der Waals surface area contributed by atoms with Crippen molar-refractivity contribution in [3.8, 4) is 11.5 Å².